The van der Waals surface area contributed by atoms with E-state index in [0.717, 1.165) is 83.5 Å². The molecule has 0 aromatic carbocycles. The number of rotatable bonds is 61. The Morgan fingerprint density at radius 2 is 0.713 bits per heavy atom. The zero-order valence-electron chi connectivity index (χ0n) is 52.7. The molecule has 80 heavy (non-hydrogen) atoms. The third-order valence-electron chi connectivity index (χ3n) is 14.4. The molecule has 0 aliphatic heterocycles. The third-order valence-corrected chi connectivity index (χ3v) is 14.4. The first-order chi connectivity index (χ1) is 39.1. The second kappa shape index (κ2) is 61.5. The van der Waals surface area contributed by atoms with Crippen LogP contribution in [0.5, 0.6) is 0 Å². The van der Waals surface area contributed by atoms with Crippen LogP contribution in [0.1, 0.15) is 290 Å². The number of ether oxygens (including phenoxy) is 4. The summed E-state index contributed by atoms with van der Waals surface area (Å²) in [6.07, 6.45) is 79.3. The number of carboxylic acids is 1. The number of aliphatic carboxylic acids is 1. The Labute approximate surface area is 493 Å². The van der Waals surface area contributed by atoms with Gasteiger partial charge in [-0.25, -0.2) is 0 Å². The SMILES string of the molecule is CC/C=C\C/C=C\C/C=C\C/C=C\C/C=C\C/C=C\C/C=C\CCCCCCCCCCCCCCCC(=O)OC(COC(=O)CCCCCCCCCCCCCCCCCCCCCC)COC(OCC[N+](C)(C)C)C(=O)[O-]. The molecule has 0 amide bonds. The van der Waals surface area contributed by atoms with E-state index in [9.17, 15) is 19.5 Å². The molecule has 0 fully saturated rings. The van der Waals surface area contributed by atoms with Gasteiger partial charge in [0.25, 0.3) is 0 Å². The maximum Gasteiger partial charge on any atom is 0.306 e. The summed E-state index contributed by atoms with van der Waals surface area (Å²) in [6.45, 7) is 4.67. The Bertz CT molecular complexity index is 1590. The minimum atomic E-state index is -1.62. The summed E-state index contributed by atoms with van der Waals surface area (Å²) in [5.41, 5.74) is 0. The molecule has 0 aliphatic carbocycles. The minimum absolute atomic E-state index is 0.147. The number of unbranched alkanes of at least 4 members (excludes halogenated alkanes) is 32. The third kappa shape index (κ3) is 62.1. The van der Waals surface area contributed by atoms with Gasteiger partial charge in [-0.2, -0.15) is 0 Å². The van der Waals surface area contributed by atoms with Crippen LogP contribution in [-0.4, -0.2) is 82.3 Å². The van der Waals surface area contributed by atoms with E-state index >= 15 is 0 Å². The molecule has 0 saturated heterocycles. The first kappa shape index (κ1) is 76.5. The zero-order valence-corrected chi connectivity index (χ0v) is 52.7. The van der Waals surface area contributed by atoms with E-state index in [0.29, 0.717) is 23.9 Å². The lowest BCUT2D eigenvalue weighted by molar-refractivity contribution is -0.870. The molecule has 0 saturated carbocycles. The highest BCUT2D eigenvalue weighted by Gasteiger charge is 2.22. The van der Waals surface area contributed by atoms with Crippen molar-refractivity contribution >= 4 is 17.9 Å². The van der Waals surface area contributed by atoms with E-state index in [-0.39, 0.29) is 32.2 Å². The van der Waals surface area contributed by atoms with Gasteiger partial charge < -0.3 is 33.3 Å². The molecule has 2 atom stereocenters. The first-order valence-corrected chi connectivity index (χ1v) is 33.2. The number of hydrogen-bond acceptors (Lipinski definition) is 8. The molecular weight excluding hydrogens is 995 g/mol. The molecule has 0 aliphatic rings. The maximum absolute atomic E-state index is 12.9. The summed E-state index contributed by atoms with van der Waals surface area (Å²) in [7, 11) is 5.93. The van der Waals surface area contributed by atoms with Crippen LogP contribution >= 0.6 is 0 Å². The lowest BCUT2D eigenvalue weighted by Crippen LogP contribution is -2.44. The standard InChI is InChI=1S/C71H125NO8/c1-6-8-10-12-14-16-18-20-22-24-26-28-29-30-31-32-33-34-35-36-37-38-39-40-41-42-44-46-48-50-52-54-56-58-60-62-69(74)80-67(66-79-71(70(75)76)77-64-63-72(3,4)5)65-78-68(73)61-59-57-55-53-51-49-47-45-43-27-25-23-21-19-17-15-13-11-9-7-2/h8,10,14,16,20,22,26,28,30-31,33-34,36-37,67,71H,6-7,9,11-13,15,17-19,21,23-25,27,29,32,35,38-66H2,1-5H3/b10-8-,16-14-,22-20-,28-26-,31-30-,34-33-,37-36-. The van der Waals surface area contributed by atoms with Crippen LogP contribution < -0.4 is 5.11 Å². The van der Waals surface area contributed by atoms with Gasteiger partial charge in [0, 0.05) is 12.8 Å². The Kier molecular flexibility index (Phi) is 58.8. The Balaban J connectivity index is 4.13. The van der Waals surface area contributed by atoms with Crippen molar-refractivity contribution in [2.24, 2.45) is 0 Å². The molecule has 0 aromatic heterocycles. The smallest absolute Gasteiger partial charge is 0.306 e. The number of nitrogens with zero attached hydrogens (tertiary/aromatic N) is 1. The molecule has 0 radical (unpaired) electrons. The average Bonchev–Trinajstić information content (AvgIpc) is 3.43. The molecule has 0 N–H and O–H groups in total. The van der Waals surface area contributed by atoms with Crippen LogP contribution in [0.4, 0.5) is 0 Å². The molecule has 9 heteroatoms. The normalized spacial score (nSPS) is 13.3. The van der Waals surface area contributed by atoms with Crippen molar-refractivity contribution < 1.29 is 42.9 Å². The fourth-order valence-electron chi connectivity index (χ4n) is 9.34. The molecule has 0 rings (SSSR count). The van der Waals surface area contributed by atoms with Gasteiger partial charge in [-0.15, -0.1) is 0 Å². The number of esters is 2. The fraction of sp³-hybridized carbons (Fsp3) is 0.761. The number of quaternary nitrogens is 1. The van der Waals surface area contributed by atoms with Gasteiger partial charge in [0.15, 0.2) is 12.4 Å². The highest BCUT2D eigenvalue weighted by atomic mass is 16.7. The Morgan fingerprint density at radius 1 is 0.388 bits per heavy atom. The van der Waals surface area contributed by atoms with Gasteiger partial charge in [-0.3, -0.25) is 9.59 Å². The second-order valence-electron chi connectivity index (χ2n) is 23.4. The number of carbonyl (C=O) groups is 3. The van der Waals surface area contributed by atoms with E-state index in [2.05, 4.69) is 98.9 Å². The molecule has 0 heterocycles. The van der Waals surface area contributed by atoms with Crippen LogP contribution in [0.15, 0.2) is 85.1 Å². The van der Waals surface area contributed by atoms with Crippen molar-refractivity contribution in [3.63, 3.8) is 0 Å². The molecule has 9 nitrogen and oxygen atoms in total. The summed E-state index contributed by atoms with van der Waals surface area (Å²) in [5, 5.41) is 11.8. The van der Waals surface area contributed by atoms with Crippen molar-refractivity contribution in [3.8, 4) is 0 Å². The highest BCUT2D eigenvalue weighted by molar-refractivity contribution is 5.70. The number of hydrogen-bond donors (Lipinski definition) is 0. The van der Waals surface area contributed by atoms with E-state index in [4.69, 9.17) is 18.9 Å². The van der Waals surface area contributed by atoms with E-state index in [1.807, 2.05) is 21.1 Å². The molecule has 0 aromatic rings. The van der Waals surface area contributed by atoms with E-state index < -0.39 is 24.3 Å². The largest absolute Gasteiger partial charge is 0.545 e. The summed E-state index contributed by atoms with van der Waals surface area (Å²) in [5.74, 6) is -2.27. The topological polar surface area (TPSA) is 111 Å². The highest BCUT2D eigenvalue weighted by Crippen LogP contribution is 2.17. The average molecular weight is 1120 g/mol. The number of carbonyl (C=O) groups excluding carboxylic acids is 3. The van der Waals surface area contributed by atoms with Gasteiger partial charge in [-0.1, -0.05) is 292 Å². The van der Waals surface area contributed by atoms with Gasteiger partial charge in [0.2, 0.25) is 0 Å². The van der Waals surface area contributed by atoms with Crippen molar-refractivity contribution in [2.45, 2.75) is 302 Å². The lowest BCUT2D eigenvalue weighted by Gasteiger charge is -2.26. The monoisotopic (exact) mass is 1120 g/mol. The number of likely N-dealkylation sites (N-methyl/N-ethyl adjacent to an activating group) is 1. The lowest BCUT2D eigenvalue weighted by atomic mass is 10.0. The second-order valence-corrected chi connectivity index (χ2v) is 23.4. The van der Waals surface area contributed by atoms with Crippen molar-refractivity contribution in [2.75, 3.05) is 47.5 Å². The van der Waals surface area contributed by atoms with Crippen LogP contribution in [0, 0.1) is 0 Å². The molecular formula is C71H125NO8. The molecule has 0 spiro atoms. The number of allylic oxidation sites excluding steroid dienone is 14. The van der Waals surface area contributed by atoms with Crippen LogP contribution in [0.2, 0.25) is 0 Å². The summed E-state index contributed by atoms with van der Waals surface area (Å²) in [6, 6.07) is 0. The number of carboxylic acid groups (broad SMARTS) is 1. The van der Waals surface area contributed by atoms with Crippen LogP contribution in [0.25, 0.3) is 0 Å². The van der Waals surface area contributed by atoms with Gasteiger partial charge >= 0.3 is 11.9 Å². The maximum atomic E-state index is 12.9. The van der Waals surface area contributed by atoms with Crippen LogP contribution in [0.3, 0.4) is 0 Å². The van der Waals surface area contributed by atoms with Crippen molar-refractivity contribution in [1.82, 2.24) is 0 Å². The Hall–Kier alpha value is -3.53. The zero-order chi connectivity index (χ0) is 58.3. The van der Waals surface area contributed by atoms with Crippen molar-refractivity contribution in [1.29, 1.82) is 0 Å². The summed E-state index contributed by atoms with van der Waals surface area (Å²) in [4.78, 5) is 37.4. The van der Waals surface area contributed by atoms with Gasteiger partial charge in [-0.05, 0) is 70.6 Å². The Morgan fingerprint density at radius 3 is 1.06 bits per heavy atom. The van der Waals surface area contributed by atoms with Crippen LogP contribution in [-0.2, 0) is 33.3 Å². The molecule has 2 unspecified atom stereocenters. The van der Waals surface area contributed by atoms with Crippen molar-refractivity contribution in [3.05, 3.63) is 85.1 Å². The van der Waals surface area contributed by atoms with Gasteiger partial charge in [0.1, 0.15) is 13.2 Å². The molecule has 462 valence electrons. The summed E-state index contributed by atoms with van der Waals surface area (Å²) < 4.78 is 22.8. The predicted molar refractivity (Wildman–Crippen MR) is 338 cm³/mol. The van der Waals surface area contributed by atoms with Gasteiger partial charge in [0.05, 0.1) is 40.3 Å². The summed E-state index contributed by atoms with van der Waals surface area (Å²) >= 11 is 0. The fourth-order valence-corrected chi connectivity index (χ4v) is 9.34. The quantitative estimate of drug-likeness (QED) is 0.0195. The minimum Gasteiger partial charge on any atom is -0.545 e. The molecule has 0 bridgehead atoms. The van der Waals surface area contributed by atoms with E-state index in [1.165, 1.54) is 173 Å². The van der Waals surface area contributed by atoms with E-state index in [1.54, 1.807) is 0 Å². The predicted octanol–water partition coefficient (Wildman–Crippen LogP) is 19.0. The first-order valence-electron chi connectivity index (χ1n) is 33.2.